The molecule has 37 heavy (non-hydrogen) atoms. The van der Waals surface area contributed by atoms with Gasteiger partial charge in [-0.2, -0.15) is 5.10 Å². The predicted molar refractivity (Wildman–Crippen MR) is 141 cm³/mol. The molecule has 0 spiro atoms. The first kappa shape index (κ1) is 24.6. The Labute approximate surface area is 241 Å². The largest absolute Gasteiger partial charge is 0.382 e. The number of aryl methyl sites for hydroxylation is 1. The van der Waals surface area contributed by atoms with E-state index in [1.54, 1.807) is 0 Å². The molecule has 5 aromatic rings. The zero-order valence-electron chi connectivity index (χ0n) is 20.9. The number of rotatable bonds is 5. The minimum atomic E-state index is 0. The molecule has 0 amide bonds. The zero-order valence-corrected chi connectivity index (χ0v) is 23.8. The third-order valence-corrected chi connectivity index (χ3v) is 7.90. The van der Waals surface area contributed by atoms with Crippen molar-refractivity contribution in [2.24, 2.45) is 5.92 Å². The summed E-state index contributed by atoms with van der Waals surface area (Å²) in [5.41, 5.74) is 13.0. The summed E-state index contributed by atoms with van der Waals surface area (Å²) in [5, 5.41) is 5.56. The summed E-state index contributed by atoms with van der Waals surface area (Å²) in [6.45, 7) is 5.81. The second-order valence-corrected chi connectivity index (χ2v) is 10.2. The summed E-state index contributed by atoms with van der Waals surface area (Å²) >= 11 is 0. The van der Waals surface area contributed by atoms with Gasteiger partial charge in [-0.25, -0.2) is 14.5 Å². The molecule has 1 aliphatic carbocycles. The monoisotopic (exact) mass is 563 g/mol. The Morgan fingerprint density at radius 3 is 2.62 bits per heavy atom. The van der Waals surface area contributed by atoms with Gasteiger partial charge in [0.25, 0.3) is 0 Å². The number of anilines is 1. The number of nitrogens with zero attached hydrogens (tertiary/aromatic N) is 6. The van der Waals surface area contributed by atoms with E-state index < -0.39 is 0 Å². The molecule has 0 atom stereocenters. The number of likely N-dealkylation sites (tertiary alicyclic amines) is 1. The number of nitrogen functional groups attached to an aromatic ring is 1. The van der Waals surface area contributed by atoms with Crippen LogP contribution in [0.4, 0.5) is 5.82 Å². The van der Waals surface area contributed by atoms with Crippen molar-refractivity contribution in [3.05, 3.63) is 72.3 Å². The van der Waals surface area contributed by atoms with Crippen molar-refractivity contribution in [2.45, 2.75) is 32.1 Å². The molecule has 8 heteroatoms. The minimum Gasteiger partial charge on any atom is -0.382 e. The summed E-state index contributed by atoms with van der Waals surface area (Å²) in [6, 6.07) is 19.8. The van der Waals surface area contributed by atoms with Gasteiger partial charge in [0.2, 0.25) is 0 Å². The van der Waals surface area contributed by atoms with Gasteiger partial charge >= 0.3 is 0 Å². The van der Waals surface area contributed by atoms with Crippen LogP contribution in [0.3, 0.4) is 0 Å². The van der Waals surface area contributed by atoms with E-state index in [1.807, 2.05) is 28.8 Å². The van der Waals surface area contributed by atoms with E-state index in [1.165, 1.54) is 32.4 Å². The van der Waals surface area contributed by atoms with Crippen LogP contribution in [-0.2, 0) is 32.7 Å². The van der Waals surface area contributed by atoms with Crippen molar-refractivity contribution in [2.75, 3.05) is 25.4 Å². The van der Waals surface area contributed by atoms with Crippen molar-refractivity contribution in [1.82, 2.24) is 29.5 Å². The zero-order chi connectivity index (χ0) is 24.2. The summed E-state index contributed by atoms with van der Waals surface area (Å²) in [5.74, 6) is 2.57. The second kappa shape index (κ2) is 9.86. The number of nitrogens with two attached hydrogens (primary N) is 1. The molecule has 4 heterocycles. The van der Waals surface area contributed by atoms with E-state index >= 15 is 0 Å². The first-order valence-corrected chi connectivity index (χ1v) is 12.7. The summed E-state index contributed by atoms with van der Waals surface area (Å²) in [7, 11) is 0. The van der Waals surface area contributed by atoms with Gasteiger partial charge in [-0.15, -0.1) is 23.6 Å². The molecule has 183 valence electrons. The standard InChI is InChI=1S/C29H28N7.Y/c1-18-23(10-8-21-9-11-24(33-25(18)21)20-6-3-2-4-7-20)26-27-28(30)31-17-32-36(27)29(34-26)22-14-19(15-22)16-35-12-5-13-35;/h2-4,6-8,10-11,17,19,22H,5,12-16H2,1H3,(H2,30,31,32);/q-1;. The van der Waals surface area contributed by atoms with Gasteiger partial charge in [-0.1, -0.05) is 42.0 Å². The Morgan fingerprint density at radius 1 is 1.05 bits per heavy atom. The van der Waals surface area contributed by atoms with Crippen LogP contribution in [-0.4, -0.2) is 49.1 Å². The van der Waals surface area contributed by atoms with Crippen molar-refractivity contribution < 1.29 is 32.7 Å². The van der Waals surface area contributed by atoms with Gasteiger partial charge < -0.3 is 15.6 Å². The maximum atomic E-state index is 6.41. The van der Waals surface area contributed by atoms with Crippen LogP contribution in [0.2, 0.25) is 0 Å². The number of imidazole rings is 1. The molecule has 1 saturated heterocycles. The van der Waals surface area contributed by atoms with E-state index in [4.69, 9.17) is 15.7 Å². The molecule has 7 nitrogen and oxygen atoms in total. The van der Waals surface area contributed by atoms with Crippen LogP contribution in [0.25, 0.3) is 38.9 Å². The van der Waals surface area contributed by atoms with Gasteiger partial charge in [-0.05, 0) is 67.5 Å². The molecule has 2 aromatic carbocycles. The average Bonchev–Trinajstić information content (AvgIpc) is 3.23. The first-order chi connectivity index (χ1) is 17.7. The Kier molecular flexibility index (Phi) is 6.55. The SMILES string of the molecule is Cc1c(-c2nc(C3CC(CN4CCC4)C3)n3ncnc(N)c23)ccc2[c-]cc(-c3ccccc3)nc12.[Y]. The van der Waals surface area contributed by atoms with E-state index in [2.05, 4.69) is 52.2 Å². The summed E-state index contributed by atoms with van der Waals surface area (Å²) in [6.07, 6.45) is 5.16. The molecule has 3 aromatic heterocycles. The summed E-state index contributed by atoms with van der Waals surface area (Å²) in [4.78, 5) is 17.1. The van der Waals surface area contributed by atoms with Crippen LogP contribution in [0.1, 0.15) is 36.6 Å². The fraction of sp³-hybridized carbons (Fsp3) is 0.310. The molecule has 0 bridgehead atoms. The van der Waals surface area contributed by atoms with Crippen LogP contribution in [0.5, 0.6) is 0 Å². The predicted octanol–water partition coefficient (Wildman–Crippen LogP) is 4.89. The van der Waals surface area contributed by atoms with Gasteiger partial charge in [-0.3, -0.25) is 0 Å². The summed E-state index contributed by atoms with van der Waals surface area (Å²) < 4.78 is 1.92. The first-order valence-electron chi connectivity index (χ1n) is 12.7. The third-order valence-electron chi connectivity index (χ3n) is 7.90. The van der Waals surface area contributed by atoms with Gasteiger partial charge in [0.15, 0.2) is 5.82 Å². The molecule has 7 rings (SSSR count). The number of benzene rings is 2. The van der Waals surface area contributed by atoms with E-state index in [0.717, 1.165) is 69.1 Å². The van der Waals surface area contributed by atoms with Gasteiger partial charge in [0, 0.05) is 45.2 Å². The third kappa shape index (κ3) is 4.27. The molecule has 0 unspecified atom stereocenters. The molecule has 2 N–H and O–H groups in total. The van der Waals surface area contributed by atoms with E-state index in [9.17, 15) is 0 Å². The minimum absolute atomic E-state index is 0. The number of aromatic nitrogens is 5. The van der Waals surface area contributed by atoms with Crippen molar-refractivity contribution in [3.63, 3.8) is 0 Å². The number of hydrogen-bond donors (Lipinski definition) is 1. The number of hydrogen-bond acceptors (Lipinski definition) is 6. The number of fused-ring (bicyclic) bond motifs is 2. The van der Waals surface area contributed by atoms with Crippen molar-refractivity contribution in [1.29, 1.82) is 0 Å². The maximum absolute atomic E-state index is 6.41. The topological polar surface area (TPSA) is 85.2 Å². The van der Waals surface area contributed by atoms with Crippen LogP contribution < -0.4 is 5.73 Å². The number of pyridine rings is 1. The van der Waals surface area contributed by atoms with E-state index in [0.29, 0.717) is 11.7 Å². The smallest absolute Gasteiger partial charge is 0.153 e. The molecular formula is C29H28N7Y-. The Morgan fingerprint density at radius 2 is 1.86 bits per heavy atom. The van der Waals surface area contributed by atoms with Crippen LogP contribution >= 0.6 is 0 Å². The Bertz CT molecular complexity index is 1590. The maximum Gasteiger partial charge on any atom is 0.153 e. The molecule has 1 radical (unpaired) electrons. The molecule has 1 aliphatic heterocycles. The second-order valence-electron chi connectivity index (χ2n) is 10.2. The molecule has 2 fully saturated rings. The fourth-order valence-corrected chi connectivity index (χ4v) is 5.73. The van der Waals surface area contributed by atoms with Crippen LogP contribution in [0, 0.1) is 18.9 Å². The Hall–Kier alpha value is -2.74. The quantitative estimate of drug-likeness (QED) is 0.307. The normalized spacial score (nSPS) is 19.4. The van der Waals surface area contributed by atoms with Crippen LogP contribution in [0.15, 0.2) is 54.9 Å². The van der Waals surface area contributed by atoms with Gasteiger partial charge in [0.1, 0.15) is 23.4 Å². The molecular weight excluding hydrogens is 535 g/mol. The molecule has 1 saturated carbocycles. The van der Waals surface area contributed by atoms with Crippen molar-refractivity contribution in [3.8, 4) is 22.5 Å². The van der Waals surface area contributed by atoms with Gasteiger partial charge in [0.05, 0.1) is 0 Å². The van der Waals surface area contributed by atoms with Crippen molar-refractivity contribution >= 4 is 22.2 Å². The molecule has 2 aliphatic rings. The average molecular weight is 563 g/mol. The fourth-order valence-electron chi connectivity index (χ4n) is 5.73. The Balaban J connectivity index is 0.00000252. The van der Waals surface area contributed by atoms with E-state index in [-0.39, 0.29) is 32.7 Å².